The number of allylic oxidation sites excluding steroid dienone is 4. The quantitative estimate of drug-likeness (QED) is 0.660. The maximum atomic E-state index is 4.03. The van der Waals surface area contributed by atoms with E-state index in [4.69, 9.17) is 0 Å². The molecule has 90 valence electrons. The van der Waals surface area contributed by atoms with Gasteiger partial charge in [-0.15, -0.1) is 0 Å². The standard InChI is InChI=1S/C15H25N/c1-8-14(11(3)4)10-15(9-2)13(7)16-12(5)6/h8-12,16H,2,7H2,1,3-6H3/b14-8+,15-10+. The second kappa shape index (κ2) is 7.10. The van der Waals surface area contributed by atoms with Gasteiger partial charge in [-0.2, -0.15) is 0 Å². The fourth-order valence-electron chi connectivity index (χ4n) is 1.46. The number of nitrogens with one attached hydrogen (secondary N) is 1. The summed E-state index contributed by atoms with van der Waals surface area (Å²) in [5.74, 6) is 0.520. The smallest absolute Gasteiger partial charge is 0.0342 e. The van der Waals surface area contributed by atoms with Crippen LogP contribution >= 0.6 is 0 Å². The van der Waals surface area contributed by atoms with Gasteiger partial charge in [0.05, 0.1) is 0 Å². The molecule has 0 aliphatic heterocycles. The predicted molar refractivity (Wildman–Crippen MR) is 74.3 cm³/mol. The van der Waals surface area contributed by atoms with E-state index in [0.29, 0.717) is 12.0 Å². The Balaban J connectivity index is 4.91. The van der Waals surface area contributed by atoms with Crippen LogP contribution in [-0.2, 0) is 0 Å². The van der Waals surface area contributed by atoms with Gasteiger partial charge >= 0.3 is 0 Å². The Labute approximate surface area is 101 Å². The summed E-state index contributed by atoms with van der Waals surface area (Å²) >= 11 is 0. The second-order valence-corrected chi connectivity index (χ2v) is 4.52. The van der Waals surface area contributed by atoms with Crippen LogP contribution in [0.25, 0.3) is 0 Å². The molecule has 16 heavy (non-hydrogen) atoms. The average Bonchev–Trinajstić information content (AvgIpc) is 2.17. The summed E-state index contributed by atoms with van der Waals surface area (Å²) in [6.45, 7) is 18.5. The first-order valence-corrected chi connectivity index (χ1v) is 5.88. The van der Waals surface area contributed by atoms with E-state index in [1.807, 2.05) is 6.08 Å². The third-order valence-electron chi connectivity index (χ3n) is 2.35. The van der Waals surface area contributed by atoms with Crippen LogP contribution in [0.5, 0.6) is 0 Å². The SMILES string of the molecule is C=C/C(=C\C(=C/C)C(C)C)C(=C)NC(C)C. The van der Waals surface area contributed by atoms with E-state index in [-0.39, 0.29) is 0 Å². The van der Waals surface area contributed by atoms with Crippen molar-refractivity contribution < 1.29 is 0 Å². The number of rotatable bonds is 6. The average molecular weight is 219 g/mol. The van der Waals surface area contributed by atoms with Crippen LogP contribution in [-0.4, -0.2) is 6.04 Å². The van der Waals surface area contributed by atoms with Crippen molar-refractivity contribution in [2.75, 3.05) is 0 Å². The summed E-state index contributed by atoms with van der Waals surface area (Å²) in [7, 11) is 0. The van der Waals surface area contributed by atoms with Crippen molar-refractivity contribution in [3.8, 4) is 0 Å². The van der Waals surface area contributed by atoms with Gasteiger partial charge in [-0.05, 0) is 43.9 Å². The third kappa shape index (κ3) is 5.01. The minimum Gasteiger partial charge on any atom is -0.383 e. The van der Waals surface area contributed by atoms with Crippen LogP contribution in [0.1, 0.15) is 34.6 Å². The van der Waals surface area contributed by atoms with Gasteiger partial charge < -0.3 is 5.32 Å². The molecule has 0 saturated carbocycles. The predicted octanol–water partition coefficient (Wildman–Crippen LogP) is 4.21. The Morgan fingerprint density at radius 3 is 2.06 bits per heavy atom. The van der Waals surface area contributed by atoms with E-state index in [1.54, 1.807) is 0 Å². The van der Waals surface area contributed by atoms with E-state index in [2.05, 4.69) is 65.2 Å². The fourth-order valence-corrected chi connectivity index (χ4v) is 1.46. The van der Waals surface area contributed by atoms with E-state index in [1.165, 1.54) is 5.57 Å². The van der Waals surface area contributed by atoms with Crippen molar-refractivity contribution >= 4 is 0 Å². The second-order valence-electron chi connectivity index (χ2n) is 4.52. The zero-order valence-corrected chi connectivity index (χ0v) is 11.3. The lowest BCUT2D eigenvalue weighted by Gasteiger charge is -2.15. The van der Waals surface area contributed by atoms with Crippen molar-refractivity contribution in [3.05, 3.63) is 48.2 Å². The highest BCUT2D eigenvalue weighted by atomic mass is 14.9. The van der Waals surface area contributed by atoms with Crippen molar-refractivity contribution in [2.45, 2.75) is 40.7 Å². The van der Waals surface area contributed by atoms with Gasteiger partial charge in [-0.3, -0.25) is 0 Å². The molecule has 0 aromatic carbocycles. The Kier molecular flexibility index (Phi) is 6.55. The minimum absolute atomic E-state index is 0.393. The van der Waals surface area contributed by atoms with E-state index in [9.17, 15) is 0 Å². The van der Waals surface area contributed by atoms with Crippen LogP contribution in [0.4, 0.5) is 0 Å². The van der Waals surface area contributed by atoms with Gasteiger partial charge in [0.2, 0.25) is 0 Å². The van der Waals surface area contributed by atoms with E-state index in [0.717, 1.165) is 11.3 Å². The molecule has 0 radical (unpaired) electrons. The lowest BCUT2D eigenvalue weighted by molar-refractivity contribution is 0.678. The number of hydrogen-bond donors (Lipinski definition) is 1. The molecule has 0 aliphatic rings. The van der Waals surface area contributed by atoms with Gasteiger partial charge in [-0.25, -0.2) is 0 Å². The molecule has 0 atom stereocenters. The molecule has 0 heterocycles. The third-order valence-corrected chi connectivity index (χ3v) is 2.35. The van der Waals surface area contributed by atoms with E-state index >= 15 is 0 Å². The van der Waals surface area contributed by atoms with Crippen molar-refractivity contribution in [3.63, 3.8) is 0 Å². The minimum atomic E-state index is 0.393. The van der Waals surface area contributed by atoms with Crippen LogP contribution in [0.3, 0.4) is 0 Å². The van der Waals surface area contributed by atoms with Gasteiger partial charge in [-0.1, -0.05) is 39.2 Å². The van der Waals surface area contributed by atoms with Crippen molar-refractivity contribution in [1.29, 1.82) is 0 Å². The molecule has 0 unspecified atom stereocenters. The lowest BCUT2D eigenvalue weighted by Crippen LogP contribution is -2.22. The van der Waals surface area contributed by atoms with Crippen molar-refractivity contribution in [2.24, 2.45) is 5.92 Å². The highest BCUT2D eigenvalue weighted by Crippen LogP contribution is 2.17. The zero-order valence-electron chi connectivity index (χ0n) is 11.3. The highest BCUT2D eigenvalue weighted by Gasteiger charge is 2.04. The fraction of sp³-hybridized carbons (Fsp3) is 0.467. The Morgan fingerprint density at radius 1 is 1.19 bits per heavy atom. The molecule has 0 aromatic heterocycles. The summed E-state index contributed by atoms with van der Waals surface area (Å²) in [6.07, 6.45) is 6.13. The molecule has 0 fully saturated rings. The topological polar surface area (TPSA) is 12.0 Å². The van der Waals surface area contributed by atoms with Crippen LogP contribution in [0.2, 0.25) is 0 Å². The molecular formula is C15H25N. The summed E-state index contributed by atoms with van der Waals surface area (Å²) in [4.78, 5) is 0. The summed E-state index contributed by atoms with van der Waals surface area (Å²) in [5.41, 5.74) is 3.31. The molecule has 0 spiro atoms. The van der Waals surface area contributed by atoms with Gasteiger partial charge in [0.15, 0.2) is 0 Å². The zero-order chi connectivity index (χ0) is 12.7. The normalized spacial score (nSPS) is 13.2. The molecule has 1 nitrogen and oxygen atoms in total. The molecule has 1 heteroatoms. The molecule has 0 aliphatic carbocycles. The number of hydrogen-bond acceptors (Lipinski definition) is 1. The summed E-state index contributed by atoms with van der Waals surface area (Å²) in [5, 5.41) is 3.30. The first kappa shape index (κ1) is 14.8. The lowest BCUT2D eigenvalue weighted by atomic mass is 9.99. The molecule has 1 N–H and O–H groups in total. The summed E-state index contributed by atoms with van der Waals surface area (Å²) < 4.78 is 0. The molecular weight excluding hydrogens is 194 g/mol. The van der Waals surface area contributed by atoms with Crippen LogP contribution < -0.4 is 5.32 Å². The highest BCUT2D eigenvalue weighted by molar-refractivity contribution is 5.41. The van der Waals surface area contributed by atoms with E-state index < -0.39 is 0 Å². The maximum Gasteiger partial charge on any atom is 0.0342 e. The first-order valence-electron chi connectivity index (χ1n) is 5.88. The first-order chi connectivity index (χ1) is 7.42. The molecule has 0 saturated heterocycles. The monoisotopic (exact) mass is 219 g/mol. The van der Waals surface area contributed by atoms with Crippen LogP contribution in [0.15, 0.2) is 48.2 Å². The Bertz CT molecular complexity index is 303. The molecule has 0 rings (SSSR count). The van der Waals surface area contributed by atoms with Crippen molar-refractivity contribution in [1.82, 2.24) is 5.32 Å². The van der Waals surface area contributed by atoms with Gasteiger partial charge in [0, 0.05) is 11.7 Å². The molecule has 0 amide bonds. The largest absolute Gasteiger partial charge is 0.383 e. The molecule has 0 bridgehead atoms. The molecule has 0 aromatic rings. The maximum absolute atomic E-state index is 4.03. The van der Waals surface area contributed by atoms with Gasteiger partial charge in [0.25, 0.3) is 0 Å². The summed E-state index contributed by atoms with van der Waals surface area (Å²) in [6, 6.07) is 0.393. The van der Waals surface area contributed by atoms with Gasteiger partial charge in [0.1, 0.15) is 0 Å². The Hall–Kier alpha value is -1.24. The Morgan fingerprint density at radius 2 is 1.75 bits per heavy atom. The van der Waals surface area contributed by atoms with Crippen LogP contribution in [0, 0.1) is 5.92 Å².